The van der Waals surface area contributed by atoms with Crippen molar-refractivity contribution in [2.75, 3.05) is 6.61 Å². The summed E-state index contributed by atoms with van der Waals surface area (Å²) in [4.78, 5) is 24.0. The number of carboxylic acid groups (broad SMARTS) is 1. The van der Waals surface area contributed by atoms with Gasteiger partial charge < -0.3 is 15.2 Å². The first kappa shape index (κ1) is 15.8. The van der Waals surface area contributed by atoms with Crippen LogP contribution in [0, 0.1) is 11.8 Å². The lowest BCUT2D eigenvalue weighted by Crippen LogP contribution is -2.47. The predicted molar refractivity (Wildman–Crippen MR) is 85.3 cm³/mol. The zero-order valence-corrected chi connectivity index (χ0v) is 13.2. The van der Waals surface area contributed by atoms with Crippen molar-refractivity contribution < 1.29 is 19.4 Å². The quantitative estimate of drug-likeness (QED) is 0.839. The minimum atomic E-state index is -0.803. The molecule has 0 aromatic heterocycles. The first-order valence-corrected chi connectivity index (χ1v) is 8.39. The molecule has 1 amide bonds. The molecule has 3 atom stereocenters. The molecule has 0 spiro atoms. The summed E-state index contributed by atoms with van der Waals surface area (Å²) in [5.74, 6) is -0.768. The zero-order chi connectivity index (χ0) is 16.2. The molecule has 1 aliphatic heterocycles. The highest BCUT2D eigenvalue weighted by atomic mass is 16.5. The second kappa shape index (κ2) is 7.02. The highest BCUT2D eigenvalue weighted by Crippen LogP contribution is 2.28. The second-order valence-electron chi connectivity index (χ2n) is 6.52. The Morgan fingerprint density at radius 2 is 1.91 bits per heavy atom. The van der Waals surface area contributed by atoms with Crippen LogP contribution in [0.25, 0.3) is 0 Å². The van der Waals surface area contributed by atoms with Gasteiger partial charge in [-0.2, -0.15) is 0 Å². The molecular weight excluding hydrogens is 294 g/mol. The Morgan fingerprint density at radius 1 is 1.13 bits per heavy atom. The van der Waals surface area contributed by atoms with Crippen molar-refractivity contribution in [1.82, 2.24) is 5.32 Å². The smallest absolute Gasteiger partial charge is 0.308 e. The largest absolute Gasteiger partial charge is 0.492 e. The maximum Gasteiger partial charge on any atom is 0.308 e. The van der Waals surface area contributed by atoms with Crippen molar-refractivity contribution in [2.45, 2.75) is 44.6 Å². The summed E-state index contributed by atoms with van der Waals surface area (Å²) in [5, 5.41) is 12.4. The van der Waals surface area contributed by atoms with Gasteiger partial charge >= 0.3 is 5.97 Å². The summed E-state index contributed by atoms with van der Waals surface area (Å²) in [7, 11) is 0. The molecule has 1 aliphatic carbocycles. The van der Waals surface area contributed by atoms with Crippen LogP contribution < -0.4 is 10.1 Å². The summed E-state index contributed by atoms with van der Waals surface area (Å²) in [5.41, 5.74) is 1.04. The Bertz CT molecular complexity index is 586. The van der Waals surface area contributed by atoms with Gasteiger partial charge in [0.15, 0.2) is 0 Å². The SMILES string of the molecule is O=C(N[C@H]1CCCCC[C@H]1C(=O)O)C1COc2ccccc2C1. The van der Waals surface area contributed by atoms with Crippen LogP contribution in [0.3, 0.4) is 0 Å². The number of hydrogen-bond donors (Lipinski definition) is 2. The van der Waals surface area contributed by atoms with Crippen molar-refractivity contribution in [3.63, 3.8) is 0 Å². The number of ether oxygens (including phenoxy) is 1. The van der Waals surface area contributed by atoms with E-state index in [1.807, 2.05) is 24.3 Å². The van der Waals surface area contributed by atoms with E-state index in [-0.39, 0.29) is 17.9 Å². The number of amides is 1. The molecule has 1 aromatic rings. The Morgan fingerprint density at radius 3 is 2.74 bits per heavy atom. The fourth-order valence-corrected chi connectivity index (χ4v) is 3.57. The van der Waals surface area contributed by atoms with Crippen LogP contribution in [-0.4, -0.2) is 29.6 Å². The number of benzene rings is 1. The minimum Gasteiger partial charge on any atom is -0.492 e. The predicted octanol–water partition coefficient (Wildman–Crippen LogP) is 2.39. The van der Waals surface area contributed by atoms with Crippen LogP contribution in [0.5, 0.6) is 5.75 Å². The van der Waals surface area contributed by atoms with Gasteiger partial charge in [-0.3, -0.25) is 9.59 Å². The number of carbonyl (C=O) groups excluding carboxylic acids is 1. The van der Waals surface area contributed by atoms with Gasteiger partial charge in [-0.05, 0) is 30.9 Å². The first-order valence-electron chi connectivity index (χ1n) is 8.39. The van der Waals surface area contributed by atoms with Gasteiger partial charge in [-0.15, -0.1) is 0 Å². The number of carbonyl (C=O) groups is 2. The molecule has 2 N–H and O–H groups in total. The van der Waals surface area contributed by atoms with Crippen molar-refractivity contribution in [3.05, 3.63) is 29.8 Å². The summed E-state index contributed by atoms with van der Waals surface area (Å²) in [6.45, 7) is 0.354. The van der Waals surface area contributed by atoms with Gasteiger partial charge in [-0.25, -0.2) is 0 Å². The average Bonchev–Trinajstić information content (AvgIpc) is 2.80. The molecule has 124 valence electrons. The van der Waals surface area contributed by atoms with E-state index >= 15 is 0 Å². The van der Waals surface area contributed by atoms with Crippen LogP contribution in [0.4, 0.5) is 0 Å². The Balaban J connectivity index is 1.65. The summed E-state index contributed by atoms with van der Waals surface area (Å²) >= 11 is 0. The maximum atomic E-state index is 12.6. The number of carboxylic acids is 1. The topological polar surface area (TPSA) is 75.6 Å². The van der Waals surface area contributed by atoms with E-state index in [1.165, 1.54) is 0 Å². The standard InChI is InChI=1S/C18H23NO4/c20-17(13-10-12-6-4-5-9-16(12)23-11-13)19-15-8-3-1-2-7-14(15)18(21)22/h4-6,9,13-15H,1-3,7-8,10-11H2,(H,19,20)(H,21,22)/t13?,14-,15+/m1/s1. The van der Waals surface area contributed by atoms with Crippen LogP contribution in [0.1, 0.15) is 37.7 Å². The molecule has 0 radical (unpaired) electrons. The number of rotatable bonds is 3. The van der Waals surface area contributed by atoms with E-state index in [1.54, 1.807) is 0 Å². The van der Waals surface area contributed by atoms with Gasteiger partial charge in [-0.1, -0.05) is 37.5 Å². The molecular formula is C18H23NO4. The molecule has 3 rings (SSSR count). The number of fused-ring (bicyclic) bond motifs is 1. The third-order valence-corrected chi connectivity index (χ3v) is 4.91. The molecule has 0 saturated heterocycles. The number of nitrogens with one attached hydrogen (secondary N) is 1. The Hall–Kier alpha value is -2.04. The normalized spacial score (nSPS) is 27.2. The van der Waals surface area contributed by atoms with Crippen LogP contribution in [0.15, 0.2) is 24.3 Å². The average molecular weight is 317 g/mol. The molecule has 1 heterocycles. The molecule has 1 unspecified atom stereocenters. The lowest BCUT2D eigenvalue weighted by atomic mass is 9.92. The first-order chi connectivity index (χ1) is 11.1. The third kappa shape index (κ3) is 3.66. The monoisotopic (exact) mass is 317 g/mol. The van der Waals surface area contributed by atoms with Gasteiger partial charge in [0.1, 0.15) is 12.4 Å². The molecule has 1 aromatic carbocycles. The second-order valence-corrected chi connectivity index (χ2v) is 6.52. The van der Waals surface area contributed by atoms with Crippen LogP contribution in [0.2, 0.25) is 0 Å². The third-order valence-electron chi connectivity index (χ3n) is 4.91. The molecule has 1 saturated carbocycles. The lowest BCUT2D eigenvalue weighted by Gasteiger charge is -2.28. The van der Waals surface area contributed by atoms with Crippen molar-refractivity contribution >= 4 is 11.9 Å². The molecule has 5 nitrogen and oxygen atoms in total. The van der Waals surface area contributed by atoms with Crippen LogP contribution >= 0.6 is 0 Å². The number of aliphatic carboxylic acids is 1. The highest BCUT2D eigenvalue weighted by Gasteiger charge is 2.33. The molecule has 2 aliphatic rings. The van der Waals surface area contributed by atoms with E-state index in [9.17, 15) is 14.7 Å². The van der Waals surface area contributed by atoms with Gasteiger partial charge in [0.05, 0.1) is 11.8 Å². The molecule has 1 fully saturated rings. The van der Waals surface area contributed by atoms with Crippen molar-refractivity contribution in [3.8, 4) is 5.75 Å². The van der Waals surface area contributed by atoms with Crippen molar-refractivity contribution in [1.29, 1.82) is 0 Å². The Kier molecular flexibility index (Phi) is 4.84. The van der Waals surface area contributed by atoms with E-state index in [4.69, 9.17) is 4.74 Å². The van der Waals surface area contributed by atoms with E-state index in [0.717, 1.165) is 37.0 Å². The summed E-state index contributed by atoms with van der Waals surface area (Å²) in [6.07, 6.45) is 4.96. The molecule has 0 bridgehead atoms. The van der Waals surface area contributed by atoms with Crippen LogP contribution in [-0.2, 0) is 16.0 Å². The van der Waals surface area contributed by atoms with Crippen molar-refractivity contribution in [2.24, 2.45) is 11.8 Å². The Labute approximate surface area is 136 Å². The van der Waals surface area contributed by atoms with Gasteiger partial charge in [0.2, 0.25) is 5.91 Å². The molecule has 5 heteroatoms. The highest BCUT2D eigenvalue weighted by molar-refractivity contribution is 5.81. The van der Waals surface area contributed by atoms with E-state index in [0.29, 0.717) is 19.4 Å². The summed E-state index contributed by atoms with van der Waals surface area (Å²) < 4.78 is 5.67. The van der Waals surface area contributed by atoms with E-state index in [2.05, 4.69) is 5.32 Å². The van der Waals surface area contributed by atoms with E-state index < -0.39 is 11.9 Å². The number of para-hydroxylation sites is 1. The van der Waals surface area contributed by atoms with Gasteiger partial charge in [0, 0.05) is 6.04 Å². The minimum absolute atomic E-state index is 0.0855. The maximum absolute atomic E-state index is 12.6. The molecule has 23 heavy (non-hydrogen) atoms. The fourth-order valence-electron chi connectivity index (χ4n) is 3.57. The number of hydrogen-bond acceptors (Lipinski definition) is 3. The summed E-state index contributed by atoms with van der Waals surface area (Å²) in [6, 6.07) is 7.48. The van der Waals surface area contributed by atoms with Gasteiger partial charge in [0.25, 0.3) is 0 Å². The lowest BCUT2D eigenvalue weighted by molar-refractivity contribution is -0.143. The zero-order valence-electron chi connectivity index (χ0n) is 13.2. The fraction of sp³-hybridized carbons (Fsp3) is 0.556.